The zero-order chi connectivity index (χ0) is 14.5. The second-order valence-corrected chi connectivity index (χ2v) is 4.36. The van der Waals surface area contributed by atoms with Crippen molar-refractivity contribution in [3.8, 4) is 0 Å². The molecular weight excluding hydrogens is 256 g/mol. The van der Waals surface area contributed by atoms with Gasteiger partial charge in [0.2, 0.25) is 0 Å². The number of aliphatic carboxylic acids is 1. The fraction of sp³-hybridized carbons (Fsp3) is 0.0625. The van der Waals surface area contributed by atoms with Crippen LogP contribution in [0.3, 0.4) is 0 Å². The Hall–Kier alpha value is -2.75. The van der Waals surface area contributed by atoms with E-state index in [1.54, 1.807) is 18.2 Å². The van der Waals surface area contributed by atoms with Gasteiger partial charge < -0.3 is 5.11 Å². The molecule has 20 heavy (non-hydrogen) atoms. The van der Waals surface area contributed by atoms with Gasteiger partial charge in [-0.15, -0.1) is 0 Å². The van der Waals surface area contributed by atoms with Gasteiger partial charge >= 0.3 is 5.97 Å². The van der Waals surface area contributed by atoms with Crippen molar-refractivity contribution in [1.29, 1.82) is 0 Å². The number of rotatable bonds is 4. The van der Waals surface area contributed by atoms with Crippen LogP contribution in [0.4, 0.5) is 0 Å². The summed E-state index contributed by atoms with van der Waals surface area (Å²) in [6.07, 6.45) is 6.74. The van der Waals surface area contributed by atoms with Gasteiger partial charge in [-0.05, 0) is 35.4 Å². The topological polar surface area (TPSA) is 71.4 Å². The standard InChI is InChI=1S/C16H12O4/c17-14-5-6-15(18)13(10-14)9-12-3-1-2-11(8-12)4-7-16(19)20/h1-8,10H,9H2,(H,19,20). The molecule has 100 valence electrons. The lowest BCUT2D eigenvalue weighted by Gasteiger charge is -2.07. The number of carboxylic acids is 1. The van der Waals surface area contributed by atoms with Crippen LogP contribution in [0.5, 0.6) is 0 Å². The minimum atomic E-state index is -1.02. The summed E-state index contributed by atoms with van der Waals surface area (Å²) in [5, 5.41) is 8.58. The van der Waals surface area contributed by atoms with Crippen molar-refractivity contribution in [2.75, 3.05) is 0 Å². The van der Waals surface area contributed by atoms with E-state index in [2.05, 4.69) is 0 Å². The zero-order valence-corrected chi connectivity index (χ0v) is 10.6. The van der Waals surface area contributed by atoms with Gasteiger partial charge in [-0.3, -0.25) is 9.59 Å². The Labute approximate surface area is 115 Å². The Kier molecular flexibility index (Phi) is 4.05. The van der Waals surface area contributed by atoms with Gasteiger partial charge in [0.15, 0.2) is 11.6 Å². The lowest BCUT2D eigenvalue weighted by Crippen LogP contribution is -2.09. The van der Waals surface area contributed by atoms with E-state index >= 15 is 0 Å². The molecule has 4 nitrogen and oxygen atoms in total. The van der Waals surface area contributed by atoms with Crippen molar-refractivity contribution in [2.24, 2.45) is 0 Å². The summed E-state index contributed by atoms with van der Waals surface area (Å²) < 4.78 is 0. The average molecular weight is 268 g/mol. The third-order valence-electron chi connectivity index (χ3n) is 2.80. The van der Waals surface area contributed by atoms with E-state index in [4.69, 9.17) is 5.11 Å². The van der Waals surface area contributed by atoms with Crippen molar-refractivity contribution in [3.05, 3.63) is 65.3 Å². The molecule has 0 amide bonds. The maximum Gasteiger partial charge on any atom is 0.328 e. The molecular formula is C16H12O4. The third-order valence-corrected chi connectivity index (χ3v) is 2.80. The van der Waals surface area contributed by atoms with Crippen molar-refractivity contribution >= 4 is 23.6 Å². The number of benzene rings is 1. The molecule has 1 aromatic rings. The number of allylic oxidation sites excluding steroid dienone is 4. The Morgan fingerprint density at radius 1 is 1.20 bits per heavy atom. The maximum atomic E-state index is 11.6. The molecule has 0 heterocycles. The van der Waals surface area contributed by atoms with Crippen molar-refractivity contribution in [1.82, 2.24) is 0 Å². The summed E-state index contributed by atoms with van der Waals surface area (Å²) in [4.78, 5) is 33.4. The lowest BCUT2D eigenvalue weighted by atomic mass is 9.96. The normalized spacial score (nSPS) is 14.7. The van der Waals surface area contributed by atoms with Gasteiger partial charge in [-0.25, -0.2) is 4.79 Å². The first kappa shape index (κ1) is 13.7. The summed E-state index contributed by atoms with van der Waals surface area (Å²) in [7, 11) is 0. The van der Waals surface area contributed by atoms with Crippen LogP contribution in [0.15, 0.2) is 54.1 Å². The van der Waals surface area contributed by atoms with Gasteiger partial charge in [0, 0.05) is 18.1 Å². The summed E-state index contributed by atoms with van der Waals surface area (Å²) in [5.41, 5.74) is 2.02. The number of hydrogen-bond donors (Lipinski definition) is 1. The number of carboxylic acid groups (broad SMARTS) is 1. The highest BCUT2D eigenvalue weighted by Gasteiger charge is 2.13. The molecule has 2 rings (SSSR count). The van der Waals surface area contributed by atoms with E-state index in [1.165, 1.54) is 24.3 Å². The molecule has 0 aromatic heterocycles. The fourth-order valence-electron chi connectivity index (χ4n) is 1.89. The number of carbonyl (C=O) groups excluding carboxylic acids is 2. The predicted octanol–water partition coefficient (Wildman–Crippen LogP) is 1.96. The van der Waals surface area contributed by atoms with E-state index in [-0.39, 0.29) is 11.6 Å². The average Bonchev–Trinajstić information content (AvgIpc) is 2.41. The molecule has 0 aliphatic heterocycles. The van der Waals surface area contributed by atoms with E-state index in [0.29, 0.717) is 12.0 Å². The minimum absolute atomic E-state index is 0.170. The summed E-state index contributed by atoms with van der Waals surface area (Å²) in [5.74, 6) is -1.38. The van der Waals surface area contributed by atoms with E-state index in [9.17, 15) is 14.4 Å². The molecule has 0 radical (unpaired) electrons. The molecule has 0 saturated heterocycles. The second kappa shape index (κ2) is 5.93. The number of ketones is 2. The summed E-state index contributed by atoms with van der Waals surface area (Å²) in [6, 6.07) is 7.17. The van der Waals surface area contributed by atoms with Gasteiger partial charge in [-0.1, -0.05) is 24.3 Å². The first-order valence-corrected chi connectivity index (χ1v) is 6.01. The van der Waals surface area contributed by atoms with Crippen LogP contribution in [0.1, 0.15) is 11.1 Å². The molecule has 0 unspecified atom stereocenters. The van der Waals surface area contributed by atoms with E-state index in [1.807, 2.05) is 6.07 Å². The van der Waals surface area contributed by atoms with Crippen LogP contribution < -0.4 is 0 Å². The molecule has 0 saturated carbocycles. The monoisotopic (exact) mass is 268 g/mol. The van der Waals surface area contributed by atoms with Gasteiger partial charge in [0.05, 0.1) is 0 Å². The molecule has 0 bridgehead atoms. The highest BCUT2D eigenvalue weighted by Crippen LogP contribution is 2.15. The van der Waals surface area contributed by atoms with Crippen molar-refractivity contribution < 1.29 is 19.5 Å². The Balaban J connectivity index is 2.18. The third kappa shape index (κ3) is 3.62. The Morgan fingerprint density at radius 3 is 2.75 bits per heavy atom. The largest absolute Gasteiger partial charge is 0.478 e. The van der Waals surface area contributed by atoms with Crippen LogP contribution in [-0.2, 0) is 20.8 Å². The summed E-state index contributed by atoms with van der Waals surface area (Å²) >= 11 is 0. The molecule has 0 atom stereocenters. The first-order chi connectivity index (χ1) is 9.54. The first-order valence-electron chi connectivity index (χ1n) is 6.01. The quantitative estimate of drug-likeness (QED) is 0.669. The van der Waals surface area contributed by atoms with Gasteiger partial charge in [-0.2, -0.15) is 0 Å². The van der Waals surface area contributed by atoms with Crippen LogP contribution in [0.25, 0.3) is 6.08 Å². The Bertz CT molecular complexity index is 663. The molecule has 0 fully saturated rings. The summed E-state index contributed by atoms with van der Waals surface area (Å²) in [6.45, 7) is 0. The lowest BCUT2D eigenvalue weighted by molar-refractivity contribution is -0.131. The van der Waals surface area contributed by atoms with Gasteiger partial charge in [0.1, 0.15) is 0 Å². The fourth-order valence-corrected chi connectivity index (χ4v) is 1.89. The SMILES string of the molecule is O=C(O)C=Cc1cccc(CC2=CC(=O)C=CC2=O)c1. The second-order valence-electron chi connectivity index (χ2n) is 4.36. The van der Waals surface area contributed by atoms with Crippen LogP contribution in [0, 0.1) is 0 Å². The van der Waals surface area contributed by atoms with E-state index in [0.717, 1.165) is 17.2 Å². The number of hydrogen-bond acceptors (Lipinski definition) is 3. The minimum Gasteiger partial charge on any atom is -0.478 e. The Morgan fingerprint density at radius 2 is 2.00 bits per heavy atom. The number of carbonyl (C=O) groups is 3. The zero-order valence-electron chi connectivity index (χ0n) is 10.6. The predicted molar refractivity (Wildman–Crippen MR) is 74.1 cm³/mol. The maximum absolute atomic E-state index is 11.6. The van der Waals surface area contributed by atoms with Crippen molar-refractivity contribution in [2.45, 2.75) is 6.42 Å². The molecule has 1 aliphatic rings. The van der Waals surface area contributed by atoms with Crippen LogP contribution in [0.2, 0.25) is 0 Å². The van der Waals surface area contributed by atoms with E-state index < -0.39 is 5.97 Å². The molecule has 1 N–H and O–H groups in total. The van der Waals surface area contributed by atoms with Crippen molar-refractivity contribution in [3.63, 3.8) is 0 Å². The van der Waals surface area contributed by atoms with Crippen LogP contribution >= 0.6 is 0 Å². The highest BCUT2D eigenvalue weighted by molar-refractivity contribution is 6.17. The molecule has 1 aromatic carbocycles. The smallest absolute Gasteiger partial charge is 0.328 e. The highest BCUT2D eigenvalue weighted by atomic mass is 16.4. The molecule has 1 aliphatic carbocycles. The molecule has 0 spiro atoms. The molecule has 4 heteroatoms. The van der Waals surface area contributed by atoms with Gasteiger partial charge in [0.25, 0.3) is 0 Å². The van der Waals surface area contributed by atoms with Crippen LogP contribution in [-0.4, -0.2) is 22.6 Å².